The van der Waals surface area contributed by atoms with Gasteiger partial charge in [-0.1, -0.05) is 0 Å². The van der Waals surface area contributed by atoms with Crippen LogP contribution >= 0.6 is 0 Å². The third-order valence-electron chi connectivity index (χ3n) is 2.38. The van der Waals surface area contributed by atoms with Crippen molar-refractivity contribution in [2.45, 2.75) is 45.0 Å². The number of hydrogen-bond donors (Lipinski definition) is 0. The molecule has 0 saturated carbocycles. The summed E-state index contributed by atoms with van der Waals surface area (Å²) in [5, 5.41) is 0. The first-order valence-electron chi connectivity index (χ1n) is 5.31. The van der Waals surface area contributed by atoms with Gasteiger partial charge in [-0.05, 0) is 20.8 Å². The molecule has 1 heterocycles. The summed E-state index contributed by atoms with van der Waals surface area (Å²) in [7, 11) is 0. The summed E-state index contributed by atoms with van der Waals surface area (Å²) < 4.78 is 18.7. The van der Waals surface area contributed by atoms with E-state index in [9.17, 15) is 9.18 Å². The fourth-order valence-electron chi connectivity index (χ4n) is 1.47. The smallest absolute Gasteiger partial charge is 0.410 e. The lowest BCUT2D eigenvalue weighted by Crippen LogP contribution is -2.45. The first-order chi connectivity index (χ1) is 7.26. The van der Waals surface area contributed by atoms with E-state index >= 15 is 0 Å². The number of hydrogen-bond acceptors (Lipinski definition) is 2. The topological polar surface area (TPSA) is 33.9 Å². The van der Waals surface area contributed by atoms with Gasteiger partial charge in [-0.25, -0.2) is 11.4 Å². The van der Waals surface area contributed by atoms with E-state index in [2.05, 4.69) is 4.85 Å². The van der Waals surface area contributed by atoms with Crippen LogP contribution in [0, 0.1) is 6.57 Å². The molecule has 0 unspecified atom stereocenters. The van der Waals surface area contributed by atoms with Gasteiger partial charge in [0.1, 0.15) is 5.60 Å². The fraction of sp³-hybridized carbons (Fsp3) is 0.818. The van der Waals surface area contributed by atoms with E-state index in [0.717, 1.165) is 0 Å². The first-order valence-corrected chi connectivity index (χ1v) is 5.31. The third kappa shape index (κ3) is 3.37. The van der Waals surface area contributed by atoms with E-state index in [1.807, 2.05) is 0 Å². The van der Waals surface area contributed by atoms with Gasteiger partial charge in [0.05, 0.1) is 12.8 Å². The monoisotopic (exact) mass is 228 g/mol. The van der Waals surface area contributed by atoms with Crippen molar-refractivity contribution >= 4 is 6.09 Å². The predicted octanol–water partition coefficient (Wildman–Crippen LogP) is 2.60. The predicted molar refractivity (Wildman–Crippen MR) is 57.5 cm³/mol. The third-order valence-corrected chi connectivity index (χ3v) is 2.38. The second kappa shape index (κ2) is 4.28. The van der Waals surface area contributed by atoms with Crippen molar-refractivity contribution in [3.8, 4) is 0 Å². The summed E-state index contributed by atoms with van der Waals surface area (Å²) in [5.74, 6) is -1.79. The SMILES string of the molecule is [C-]#[N+]C1(F)CCN(C(=O)OC(C)(C)C)CC1. The van der Waals surface area contributed by atoms with Gasteiger partial charge in [-0.3, -0.25) is 4.85 Å². The number of ether oxygens (including phenoxy) is 1. The van der Waals surface area contributed by atoms with Gasteiger partial charge in [0.15, 0.2) is 0 Å². The highest BCUT2D eigenvalue weighted by molar-refractivity contribution is 5.68. The van der Waals surface area contributed by atoms with Crippen LogP contribution in [0.15, 0.2) is 0 Å². The van der Waals surface area contributed by atoms with Crippen LogP contribution in [0.4, 0.5) is 9.18 Å². The maximum atomic E-state index is 13.5. The van der Waals surface area contributed by atoms with Gasteiger partial charge < -0.3 is 9.64 Å². The molecular weight excluding hydrogens is 211 g/mol. The van der Waals surface area contributed by atoms with E-state index in [0.29, 0.717) is 0 Å². The van der Waals surface area contributed by atoms with E-state index in [-0.39, 0.29) is 25.9 Å². The standard InChI is InChI=1S/C11H17FN2O2/c1-10(2,3)16-9(15)14-7-5-11(12,13-4)6-8-14/h5-8H2,1-3H3. The minimum absolute atomic E-state index is 0.0652. The van der Waals surface area contributed by atoms with E-state index in [1.54, 1.807) is 20.8 Å². The molecule has 90 valence electrons. The Morgan fingerprint density at radius 3 is 2.31 bits per heavy atom. The van der Waals surface area contributed by atoms with Crippen molar-refractivity contribution in [1.82, 2.24) is 4.90 Å². The second-order valence-electron chi connectivity index (χ2n) is 5.00. The molecule has 4 nitrogen and oxygen atoms in total. The van der Waals surface area contributed by atoms with Gasteiger partial charge in [0.2, 0.25) is 0 Å². The lowest BCUT2D eigenvalue weighted by atomic mass is 10.0. The van der Waals surface area contributed by atoms with E-state index in [1.165, 1.54) is 4.90 Å². The average Bonchev–Trinajstić information content (AvgIpc) is 2.16. The molecule has 0 aromatic rings. The number of amides is 1. The Morgan fingerprint density at radius 2 is 1.94 bits per heavy atom. The van der Waals surface area contributed by atoms with Gasteiger partial charge in [-0.15, -0.1) is 0 Å². The summed E-state index contributed by atoms with van der Waals surface area (Å²) in [4.78, 5) is 16.0. The molecule has 1 aliphatic rings. The molecule has 0 spiro atoms. The molecule has 16 heavy (non-hydrogen) atoms. The van der Waals surface area contributed by atoms with Crippen LogP contribution in [0.3, 0.4) is 0 Å². The number of carbonyl (C=O) groups excluding carboxylic acids is 1. The van der Waals surface area contributed by atoms with E-state index < -0.39 is 17.5 Å². The Morgan fingerprint density at radius 1 is 1.44 bits per heavy atom. The van der Waals surface area contributed by atoms with Crippen LogP contribution in [0.5, 0.6) is 0 Å². The molecule has 0 bridgehead atoms. The molecule has 1 amide bonds. The summed E-state index contributed by atoms with van der Waals surface area (Å²) in [5.41, 5.74) is -0.541. The van der Waals surface area contributed by atoms with Crippen molar-refractivity contribution in [1.29, 1.82) is 0 Å². The Balaban J connectivity index is 2.49. The molecule has 1 fully saturated rings. The minimum Gasteiger partial charge on any atom is -0.444 e. The van der Waals surface area contributed by atoms with Gasteiger partial charge in [0, 0.05) is 13.1 Å². The van der Waals surface area contributed by atoms with E-state index in [4.69, 9.17) is 11.3 Å². The van der Waals surface area contributed by atoms with Crippen LogP contribution in [0.1, 0.15) is 33.6 Å². The van der Waals surface area contributed by atoms with Gasteiger partial charge in [-0.2, -0.15) is 4.39 Å². The number of alkyl halides is 1. The molecule has 5 heteroatoms. The van der Waals surface area contributed by atoms with Crippen LogP contribution in [-0.4, -0.2) is 35.5 Å². The highest BCUT2D eigenvalue weighted by Crippen LogP contribution is 2.28. The zero-order valence-corrected chi connectivity index (χ0v) is 9.92. The average molecular weight is 228 g/mol. The second-order valence-corrected chi connectivity index (χ2v) is 5.00. The van der Waals surface area contributed by atoms with Crippen molar-refractivity contribution in [2.75, 3.05) is 13.1 Å². The summed E-state index contributed by atoms with van der Waals surface area (Å²) in [6, 6.07) is 0. The largest absolute Gasteiger partial charge is 0.444 e. The molecule has 0 aromatic heterocycles. The maximum absolute atomic E-state index is 13.5. The zero-order chi connectivity index (χ0) is 12.4. The Labute approximate surface area is 95.2 Å². The summed E-state index contributed by atoms with van der Waals surface area (Å²) in [6.07, 6.45) is -0.301. The quantitative estimate of drug-likeness (QED) is 0.471. The molecular formula is C11H17FN2O2. The molecule has 1 aliphatic heterocycles. The highest BCUT2D eigenvalue weighted by atomic mass is 19.1. The van der Waals surface area contributed by atoms with Gasteiger partial charge >= 0.3 is 11.9 Å². The van der Waals surface area contributed by atoms with Crippen molar-refractivity contribution in [2.24, 2.45) is 0 Å². The zero-order valence-electron chi connectivity index (χ0n) is 9.92. The van der Waals surface area contributed by atoms with Crippen LogP contribution < -0.4 is 0 Å². The highest BCUT2D eigenvalue weighted by Gasteiger charge is 2.42. The van der Waals surface area contributed by atoms with Crippen molar-refractivity contribution < 1.29 is 13.9 Å². The lowest BCUT2D eigenvalue weighted by Gasteiger charge is -2.31. The molecule has 0 atom stereocenters. The van der Waals surface area contributed by atoms with Crippen LogP contribution in [-0.2, 0) is 4.74 Å². The molecule has 0 N–H and O–H groups in total. The summed E-state index contributed by atoms with van der Waals surface area (Å²) in [6.45, 7) is 12.6. The van der Waals surface area contributed by atoms with Crippen molar-refractivity contribution in [3.05, 3.63) is 11.4 Å². The number of rotatable bonds is 0. The number of piperidine rings is 1. The Bertz CT molecular complexity index is 309. The molecule has 0 radical (unpaired) electrons. The maximum Gasteiger partial charge on any atom is 0.410 e. The lowest BCUT2D eigenvalue weighted by molar-refractivity contribution is 0.0104. The number of nitrogens with zero attached hydrogens (tertiary/aromatic N) is 2. The summed E-state index contributed by atoms with van der Waals surface area (Å²) >= 11 is 0. The fourth-order valence-corrected chi connectivity index (χ4v) is 1.47. The minimum atomic E-state index is -1.79. The Kier molecular flexibility index (Phi) is 3.41. The molecule has 1 rings (SSSR count). The molecule has 0 aliphatic carbocycles. The Hall–Kier alpha value is -1.31. The number of carbonyl (C=O) groups is 1. The van der Waals surface area contributed by atoms with Gasteiger partial charge in [0.25, 0.3) is 0 Å². The normalized spacial score (nSPS) is 20.1. The first kappa shape index (κ1) is 12.8. The number of likely N-dealkylation sites (tertiary alicyclic amines) is 1. The number of halogens is 1. The van der Waals surface area contributed by atoms with Crippen LogP contribution in [0.25, 0.3) is 4.85 Å². The molecule has 1 saturated heterocycles. The van der Waals surface area contributed by atoms with Crippen LogP contribution in [0.2, 0.25) is 0 Å². The van der Waals surface area contributed by atoms with Crippen molar-refractivity contribution in [3.63, 3.8) is 0 Å². The molecule has 0 aromatic carbocycles.